The van der Waals surface area contributed by atoms with Crippen molar-refractivity contribution in [2.24, 2.45) is 5.92 Å². The van der Waals surface area contributed by atoms with E-state index in [1.165, 1.54) is 29.5 Å². The molecule has 12 heteroatoms. The summed E-state index contributed by atoms with van der Waals surface area (Å²) in [6.07, 6.45) is -1.01. The topological polar surface area (TPSA) is 113 Å². The van der Waals surface area contributed by atoms with E-state index in [1.807, 2.05) is 0 Å². The van der Waals surface area contributed by atoms with Gasteiger partial charge < -0.3 is 15.0 Å². The van der Waals surface area contributed by atoms with Crippen LogP contribution in [0.2, 0.25) is 0 Å². The smallest absolute Gasteiger partial charge is 0.405 e. The molecule has 2 amide bonds. The van der Waals surface area contributed by atoms with E-state index in [2.05, 4.69) is 20.1 Å². The van der Waals surface area contributed by atoms with Gasteiger partial charge >= 0.3 is 6.36 Å². The summed E-state index contributed by atoms with van der Waals surface area (Å²) in [5.74, 6) is -1.65. The molecule has 1 aliphatic heterocycles. The molecule has 0 saturated carbocycles. The number of carbonyl (C=O) groups is 2. The zero-order chi connectivity index (χ0) is 24.2. The third-order valence-electron chi connectivity index (χ3n) is 5.47. The van der Waals surface area contributed by atoms with Crippen LogP contribution in [0.25, 0.3) is 0 Å². The first kappa shape index (κ1) is 24.0. The fourth-order valence-electron chi connectivity index (χ4n) is 3.67. The second-order valence-electron chi connectivity index (χ2n) is 8.19. The second kappa shape index (κ2) is 9.48. The van der Waals surface area contributed by atoms with E-state index in [0.717, 1.165) is 6.07 Å². The van der Waals surface area contributed by atoms with Crippen molar-refractivity contribution in [2.45, 2.75) is 45.1 Å². The average Bonchev–Trinajstić information content (AvgIpc) is 3.32. The molecule has 0 spiro atoms. The van der Waals surface area contributed by atoms with Gasteiger partial charge in [-0.05, 0) is 38.8 Å². The number of ether oxygens (including phenoxy) is 1. The Morgan fingerprint density at radius 2 is 2.09 bits per heavy atom. The molecule has 1 saturated heterocycles. The number of hydrogen-bond acceptors (Lipinski definition) is 6. The van der Waals surface area contributed by atoms with Gasteiger partial charge in [-0.2, -0.15) is 10.4 Å². The number of alkyl halides is 3. The molecule has 0 aliphatic carbocycles. The standard InChI is InChI=1S/C21H23F3N6O3/c1-20(2,30-13-26-12-28-30)19(32)29-7-3-4-16(11-29)18(31)27-10-15-6-5-14(9-25)8-17(15)33-21(22,23)24/h5-6,8,12-13,16H,3-4,7,10-11H2,1-2H3,(H,27,31)/t16-/m1/s1. The Balaban J connectivity index is 1.65. The zero-order valence-corrected chi connectivity index (χ0v) is 18.1. The molecule has 176 valence electrons. The minimum atomic E-state index is -4.94. The molecule has 0 unspecified atom stereocenters. The number of halogens is 3. The lowest BCUT2D eigenvalue weighted by molar-refractivity contribution is -0.274. The number of amides is 2. The Bertz CT molecular complexity index is 1050. The number of nitrogens with one attached hydrogen (secondary N) is 1. The van der Waals surface area contributed by atoms with Crippen LogP contribution in [0.1, 0.15) is 37.8 Å². The van der Waals surface area contributed by atoms with Gasteiger partial charge in [-0.25, -0.2) is 9.67 Å². The van der Waals surface area contributed by atoms with Crippen molar-refractivity contribution in [2.75, 3.05) is 13.1 Å². The van der Waals surface area contributed by atoms with Crippen LogP contribution in [0, 0.1) is 17.2 Å². The van der Waals surface area contributed by atoms with E-state index in [0.29, 0.717) is 19.4 Å². The Hall–Kier alpha value is -3.62. The monoisotopic (exact) mass is 464 g/mol. The Morgan fingerprint density at radius 3 is 2.73 bits per heavy atom. The van der Waals surface area contributed by atoms with Crippen molar-refractivity contribution in [3.8, 4) is 11.8 Å². The Labute approximate surface area is 188 Å². The van der Waals surface area contributed by atoms with Gasteiger partial charge in [0.15, 0.2) is 0 Å². The summed E-state index contributed by atoms with van der Waals surface area (Å²) in [5.41, 5.74) is -0.905. The molecule has 33 heavy (non-hydrogen) atoms. The quantitative estimate of drug-likeness (QED) is 0.702. The highest BCUT2D eigenvalue weighted by Gasteiger charge is 2.38. The van der Waals surface area contributed by atoms with Crippen LogP contribution >= 0.6 is 0 Å². The molecule has 1 N–H and O–H groups in total. The largest absolute Gasteiger partial charge is 0.573 e. The summed E-state index contributed by atoms with van der Waals surface area (Å²) in [6, 6.07) is 5.37. The summed E-state index contributed by atoms with van der Waals surface area (Å²) in [7, 11) is 0. The predicted octanol–water partition coefficient (Wildman–Crippen LogP) is 2.34. The second-order valence-corrected chi connectivity index (χ2v) is 8.19. The van der Waals surface area contributed by atoms with Gasteiger partial charge in [-0.1, -0.05) is 6.07 Å². The third-order valence-corrected chi connectivity index (χ3v) is 5.47. The van der Waals surface area contributed by atoms with Gasteiger partial charge in [0.1, 0.15) is 23.9 Å². The molecule has 0 bridgehead atoms. The highest BCUT2D eigenvalue weighted by atomic mass is 19.4. The van der Waals surface area contributed by atoms with E-state index < -0.39 is 23.6 Å². The minimum Gasteiger partial charge on any atom is -0.405 e. The number of nitriles is 1. The van der Waals surface area contributed by atoms with Crippen LogP contribution in [0.3, 0.4) is 0 Å². The highest BCUT2D eigenvalue weighted by Crippen LogP contribution is 2.28. The lowest BCUT2D eigenvalue weighted by atomic mass is 9.94. The molecule has 1 fully saturated rings. The van der Waals surface area contributed by atoms with Crippen LogP contribution in [-0.2, 0) is 21.7 Å². The normalized spacial score (nSPS) is 16.7. The van der Waals surface area contributed by atoms with E-state index in [-0.39, 0.29) is 36.0 Å². The van der Waals surface area contributed by atoms with Crippen LogP contribution < -0.4 is 10.1 Å². The molecular formula is C21H23F3N6O3. The molecule has 2 aromatic rings. The van der Waals surface area contributed by atoms with Crippen molar-refractivity contribution >= 4 is 11.8 Å². The number of likely N-dealkylation sites (tertiary alicyclic amines) is 1. The van der Waals surface area contributed by atoms with Gasteiger partial charge in [-0.3, -0.25) is 9.59 Å². The van der Waals surface area contributed by atoms with E-state index in [1.54, 1.807) is 24.8 Å². The van der Waals surface area contributed by atoms with Gasteiger partial charge in [0, 0.05) is 25.2 Å². The van der Waals surface area contributed by atoms with Gasteiger partial charge in [0.25, 0.3) is 0 Å². The number of carbonyl (C=O) groups excluding carboxylic acids is 2. The molecule has 1 aliphatic rings. The van der Waals surface area contributed by atoms with Crippen molar-refractivity contribution in [1.29, 1.82) is 5.26 Å². The van der Waals surface area contributed by atoms with Crippen LogP contribution in [0.4, 0.5) is 13.2 Å². The predicted molar refractivity (Wildman–Crippen MR) is 108 cm³/mol. The first-order valence-corrected chi connectivity index (χ1v) is 10.2. The van der Waals surface area contributed by atoms with Gasteiger partial charge in [-0.15, -0.1) is 13.2 Å². The summed E-state index contributed by atoms with van der Waals surface area (Å²) in [5, 5.41) is 15.6. The number of aromatic nitrogens is 3. The molecular weight excluding hydrogens is 441 g/mol. The minimum absolute atomic E-state index is 0.000702. The van der Waals surface area contributed by atoms with Gasteiger partial charge in [0.05, 0.1) is 17.6 Å². The molecule has 0 radical (unpaired) electrons. The van der Waals surface area contributed by atoms with Crippen LogP contribution in [0.15, 0.2) is 30.9 Å². The fraction of sp³-hybridized carbons (Fsp3) is 0.476. The number of rotatable bonds is 6. The molecule has 2 heterocycles. The average molecular weight is 464 g/mol. The first-order valence-electron chi connectivity index (χ1n) is 10.2. The first-order chi connectivity index (χ1) is 15.5. The summed E-state index contributed by atoms with van der Waals surface area (Å²) >= 11 is 0. The van der Waals surface area contributed by atoms with E-state index >= 15 is 0 Å². The molecule has 9 nitrogen and oxygen atoms in total. The van der Waals surface area contributed by atoms with Crippen LogP contribution in [0.5, 0.6) is 5.75 Å². The van der Waals surface area contributed by atoms with Gasteiger partial charge in [0.2, 0.25) is 11.8 Å². The maximum Gasteiger partial charge on any atom is 0.573 e. The Morgan fingerprint density at radius 1 is 1.33 bits per heavy atom. The maximum absolute atomic E-state index is 13.1. The number of nitrogens with zero attached hydrogens (tertiary/aromatic N) is 5. The SMILES string of the molecule is CC(C)(C(=O)N1CCC[C@@H](C(=O)NCc2ccc(C#N)cc2OC(F)(F)F)C1)n1cncn1. The number of benzene rings is 1. The molecule has 3 rings (SSSR count). The van der Waals surface area contributed by atoms with Crippen molar-refractivity contribution in [3.05, 3.63) is 42.0 Å². The lowest BCUT2D eigenvalue weighted by Crippen LogP contribution is -2.52. The van der Waals surface area contributed by atoms with Crippen LogP contribution in [-0.4, -0.2) is 50.9 Å². The van der Waals surface area contributed by atoms with E-state index in [4.69, 9.17) is 5.26 Å². The van der Waals surface area contributed by atoms with Crippen molar-refractivity contribution < 1.29 is 27.5 Å². The summed E-state index contributed by atoms with van der Waals surface area (Å²) in [6.45, 7) is 3.87. The van der Waals surface area contributed by atoms with Crippen molar-refractivity contribution in [3.63, 3.8) is 0 Å². The zero-order valence-electron chi connectivity index (χ0n) is 18.1. The summed E-state index contributed by atoms with van der Waals surface area (Å²) < 4.78 is 43.6. The van der Waals surface area contributed by atoms with Crippen molar-refractivity contribution in [1.82, 2.24) is 25.0 Å². The molecule has 1 aromatic heterocycles. The number of hydrogen-bond donors (Lipinski definition) is 1. The van der Waals surface area contributed by atoms with E-state index in [9.17, 15) is 22.8 Å². The summed E-state index contributed by atoms with van der Waals surface area (Å²) in [4.78, 5) is 31.3. The fourth-order valence-corrected chi connectivity index (χ4v) is 3.67. The molecule has 1 aromatic carbocycles. The third kappa shape index (κ3) is 5.79. The Kier molecular flexibility index (Phi) is 6.90. The molecule has 1 atom stereocenters. The lowest BCUT2D eigenvalue weighted by Gasteiger charge is -2.37. The number of piperidine rings is 1. The maximum atomic E-state index is 13.1. The highest BCUT2D eigenvalue weighted by molar-refractivity contribution is 5.85.